The fourth-order valence-electron chi connectivity index (χ4n) is 9.31. The van der Waals surface area contributed by atoms with E-state index in [-0.39, 0.29) is 59.8 Å². The fourth-order valence-corrected chi connectivity index (χ4v) is 9.31. The van der Waals surface area contributed by atoms with Crippen molar-refractivity contribution < 1.29 is 68.7 Å². The quantitative estimate of drug-likeness (QED) is 0.229. The van der Waals surface area contributed by atoms with Crippen LogP contribution in [0.1, 0.15) is 53.4 Å². The molecular formula is C27H39NaO8. The van der Waals surface area contributed by atoms with Gasteiger partial charge in [-0.25, -0.2) is 0 Å². The van der Waals surface area contributed by atoms with E-state index in [4.69, 9.17) is 14.2 Å². The number of rotatable bonds is 7. The molecule has 12 atom stereocenters. The number of carboxylic acid groups (broad SMARTS) is 1. The summed E-state index contributed by atoms with van der Waals surface area (Å²) in [5.41, 5.74) is -2.57. The van der Waals surface area contributed by atoms with Crippen molar-refractivity contribution in [2.24, 2.45) is 45.8 Å². The third kappa shape index (κ3) is 3.35. The molecule has 9 heteroatoms. The third-order valence-electron chi connectivity index (χ3n) is 10.7. The van der Waals surface area contributed by atoms with Gasteiger partial charge in [0.05, 0.1) is 24.1 Å². The first-order valence-corrected chi connectivity index (χ1v) is 13.1. The summed E-state index contributed by atoms with van der Waals surface area (Å²) in [5, 5.41) is 34.6. The van der Waals surface area contributed by atoms with E-state index < -0.39 is 52.9 Å². The molecule has 36 heavy (non-hydrogen) atoms. The van der Waals surface area contributed by atoms with Gasteiger partial charge in [-0.2, -0.15) is 0 Å². The van der Waals surface area contributed by atoms with E-state index in [1.807, 2.05) is 13.8 Å². The zero-order chi connectivity index (χ0) is 25.5. The zero-order valence-electron chi connectivity index (χ0n) is 22.3. The van der Waals surface area contributed by atoms with E-state index in [1.165, 1.54) is 7.11 Å². The van der Waals surface area contributed by atoms with E-state index in [1.54, 1.807) is 6.92 Å². The summed E-state index contributed by atoms with van der Waals surface area (Å²) in [5.74, 6) is -0.776. The molecule has 0 amide bonds. The minimum atomic E-state index is -1.45. The SMILES string of the molecule is CO[C@H]1[C@@H](O)[C@H](O)[C@H](OC[C@@]23C[C@@H]4[C@H](C)CC[C@H]4[C@@]4(C=O)C[C@@H]2C=C(C(C)C)[C@@]34C(=O)[O-])O[C@@H]1C.[Na+]. The minimum absolute atomic E-state index is 0. The molecule has 5 rings (SSSR count). The standard InChI is InChI=1S/C27H40O8.Na/c1-13(2)19-8-16-9-25(11-28)18-7-6-14(3)17(18)10-26(16,27(19,25)24(31)32)12-34-23-21(30)20(29)22(33-5)15(4)35-23;/h8,11,13-18,20-23,29-30H,6-7,9-10,12H2,1-5H3,(H,31,32);/q;+1/p-1/t14-,15-,16+,17-,18-,20+,21+,22-,23-,25+,26+,27+;/m1./s1. The normalized spacial score (nSPS) is 51.0. The molecule has 0 aromatic rings. The first-order chi connectivity index (χ1) is 16.5. The van der Waals surface area contributed by atoms with Crippen LogP contribution in [0.25, 0.3) is 0 Å². The Labute approximate surface area is 235 Å². The van der Waals surface area contributed by atoms with Gasteiger partial charge in [0.15, 0.2) is 6.29 Å². The molecule has 0 aromatic carbocycles. The summed E-state index contributed by atoms with van der Waals surface area (Å²) in [6.45, 7) is 7.89. The van der Waals surface area contributed by atoms with Gasteiger partial charge in [0.1, 0.15) is 24.6 Å². The van der Waals surface area contributed by atoms with Crippen LogP contribution in [0.3, 0.4) is 0 Å². The molecule has 196 valence electrons. The summed E-state index contributed by atoms with van der Waals surface area (Å²) in [7, 11) is 1.44. The van der Waals surface area contributed by atoms with Crippen LogP contribution in [0.5, 0.6) is 0 Å². The molecule has 0 unspecified atom stereocenters. The van der Waals surface area contributed by atoms with Gasteiger partial charge < -0.3 is 39.1 Å². The van der Waals surface area contributed by atoms with E-state index in [0.717, 1.165) is 24.7 Å². The molecule has 4 bridgehead atoms. The molecule has 1 aliphatic heterocycles. The predicted molar refractivity (Wildman–Crippen MR) is 122 cm³/mol. The van der Waals surface area contributed by atoms with Crippen LogP contribution < -0.4 is 34.7 Å². The summed E-state index contributed by atoms with van der Waals surface area (Å²) in [6, 6.07) is 0. The van der Waals surface area contributed by atoms with Crippen molar-refractivity contribution in [3.8, 4) is 0 Å². The van der Waals surface area contributed by atoms with E-state index in [0.29, 0.717) is 18.8 Å². The maximum absolute atomic E-state index is 13.3. The monoisotopic (exact) mass is 514 g/mol. The van der Waals surface area contributed by atoms with Crippen molar-refractivity contribution in [2.45, 2.75) is 84.1 Å². The molecule has 2 N–H and O–H groups in total. The van der Waals surface area contributed by atoms with Crippen LogP contribution in [-0.4, -0.2) is 66.9 Å². The Bertz CT molecular complexity index is 923. The van der Waals surface area contributed by atoms with Crippen LogP contribution in [0.15, 0.2) is 11.6 Å². The predicted octanol–water partition coefficient (Wildman–Crippen LogP) is -1.92. The molecule has 4 fully saturated rings. The second-order valence-electron chi connectivity index (χ2n) is 12.2. The molecular weight excluding hydrogens is 475 g/mol. The van der Waals surface area contributed by atoms with Gasteiger partial charge in [-0.15, -0.1) is 0 Å². The summed E-state index contributed by atoms with van der Waals surface area (Å²) >= 11 is 0. The van der Waals surface area contributed by atoms with Crippen molar-refractivity contribution in [3.63, 3.8) is 0 Å². The fraction of sp³-hybridized carbons (Fsp3) is 0.852. The average Bonchev–Trinajstić information content (AvgIpc) is 3.38. The van der Waals surface area contributed by atoms with Gasteiger partial charge in [0.25, 0.3) is 0 Å². The first kappa shape index (κ1) is 28.7. The summed E-state index contributed by atoms with van der Waals surface area (Å²) in [4.78, 5) is 26.4. The second-order valence-corrected chi connectivity index (χ2v) is 12.2. The van der Waals surface area contributed by atoms with Gasteiger partial charge >= 0.3 is 29.6 Å². The topological polar surface area (TPSA) is 125 Å². The molecule has 1 heterocycles. The first-order valence-electron chi connectivity index (χ1n) is 13.1. The molecule has 5 aliphatic rings. The molecule has 0 aromatic heterocycles. The molecule has 1 saturated heterocycles. The van der Waals surface area contributed by atoms with Crippen LogP contribution >= 0.6 is 0 Å². The molecule has 0 radical (unpaired) electrons. The van der Waals surface area contributed by atoms with Crippen LogP contribution in [0.2, 0.25) is 0 Å². The number of fused-ring (bicyclic) bond motifs is 2. The van der Waals surface area contributed by atoms with Gasteiger partial charge in [-0.3, -0.25) is 0 Å². The van der Waals surface area contributed by atoms with E-state index in [2.05, 4.69) is 13.0 Å². The Morgan fingerprint density at radius 2 is 1.94 bits per heavy atom. The van der Waals surface area contributed by atoms with E-state index >= 15 is 0 Å². The number of allylic oxidation sites excluding steroid dienone is 1. The average molecular weight is 515 g/mol. The summed E-state index contributed by atoms with van der Waals surface area (Å²) < 4.78 is 17.4. The van der Waals surface area contributed by atoms with Crippen LogP contribution in [0.4, 0.5) is 0 Å². The number of methoxy groups -OCH3 is 1. The van der Waals surface area contributed by atoms with Crippen molar-refractivity contribution in [3.05, 3.63) is 11.6 Å². The molecule has 4 aliphatic carbocycles. The van der Waals surface area contributed by atoms with Gasteiger partial charge in [0.2, 0.25) is 0 Å². The van der Waals surface area contributed by atoms with Crippen molar-refractivity contribution in [2.75, 3.05) is 13.7 Å². The van der Waals surface area contributed by atoms with Gasteiger partial charge in [-0.05, 0) is 55.8 Å². The number of ether oxygens (including phenoxy) is 3. The van der Waals surface area contributed by atoms with Gasteiger partial charge in [-0.1, -0.05) is 38.8 Å². The summed E-state index contributed by atoms with van der Waals surface area (Å²) in [6.07, 6.45) is 1.05. The van der Waals surface area contributed by atoms with Crippen molar-refractivity contribution in [1.82, 2.24) is 0 Å². The number of hydrogen-bond acceptors (Lipinski definition) is 8. The number of carbonyl (C=O) groups is 2. The number of aliphatic hydroxyl groups excluding tert-OH is 2. The maximum Gasteiger partial charge on any atom is 1.00 e. The number of carbonyl (C=O) groups excluding carboxylic acids is 2. The zero-order valence-corrected chi connectivity index (χ0v) is 24.3. The van der Waals surface area contributed by atoms with Crippen molar-refractivity contribution in [1.29, 1.82) is 0 Å². The maximum atomic E-state index is 13.3. The number of aldehydes is 1. The van der Waals surface area contributed by atoms with Crippen molar-refractivity contribution >= 4 is 12.3 Å². The smallest absolute Gasteiger partial charge is 0.549 e. The Kier molecular flexibility index (Phi) is 7.73. The third-order valence-corrected chi connectivity index (χ3v) is 10.7. The minimum Gasteiger partial charge on any atom is -0.549 e. The molecule has 8 nitrogen and oxygen atoms in total. The van der Waals surface area contributed by atoms with E-state index in [9.17, 15) is 24.9 Å². The number of carboxylic acids is 1. The Balaban J connectivity index is 0.00000304. The number of aliphatic hydroxyl groups is 2. The molecule has 0 spiro atoms. The Hall–Kier alpha value is -0.320. The van der Waals surface area contributed by atoms with Crippen LogP contribution in [0, 0.1) is 45.8 Å². The number of aliphatic carboxylic acids is 1. The largest absolute Gasteiger partial charge is 1.00 e. The Morgan fingerprint density at radius 1 is 1.25 bits per heavy atom. The molecule has 3 saturated carbocycles. The number of hydrogen-bond donors (Lipinski definition) is 2. The van der Waals surface area contributed by atoms with Crippen LogP contribution in [-0.2, 0) is 23.8 Å². The van der Waals surface area contributed by atoms with Gasteiger partial charge in [0, 0.05) is 17.9 Å². The second kappa shape index (κ2) is 9.70. The Morgan fingerprint density at radius 3 is 2.53 bits per heavy atom.